The molecular weight excluding hydrogens is 422 g/mol. The van der Waals surface area contributed by atoms with Gasteiger partial charge in [0.2, 0.25) is 0 Å². The highest BCUT2D eigenvalue weighted by Gasteiger charge is 2.30. The average Bonchev–Trinajstić information content (AvgIpc) is 2.60. The first-order chi connectivity index (χ1) is 14.1. The standard InChI is InChI=1S/C22H36O6P2/c1-7-11-18-15-20(27-29(5,23)25-8-2)22(19-13-10-12-17(4)14-19)21(16-18)28-30(6,24)26-9-3/h14-16,19H,7-13H2,1-6H3. The largest absolute Gasteiger partial charge is 0.424 e. The molecule has 0 bridgehead atoms. The Hall–Kier alpha value is -1.06. The van der Waals surface area contributed by atoms with Crippen LogP contribution in [0.15, 0.2) is 23.8 Å². The van der Waals surface area contributed by atoms with Gasteiger partial charge in [0, 0.05) is 24.8 Å². The molecule has 0 saturated heterocycles. The van der Waals surface area contributed by atoms with Crippen molar-refractivity contribution in [2.24, 2.45) is 0 Å². The Bertz CT molecular complexity index is 799. The van der Waals surface area contributed by atoms with E-state index < -0.39 is 15.2 Å². The minimum Gasteiger partial charge on any atom is -0.424 e. The Morgan fingerprint density at radius 1 is 0.967 bits per heavy atom. The van der Waals surface area contributed by atoms with E-state index in [9.17, 15) is 9.13 Å². The summed E-state index contributed by atoms with van der Waals surface area (Å²) in [4.78, 5) is 0. The lowest BCUT2D eigenvalue weighted by Gasteiger charge is -2.27. The summed E-state index contributed by atoms with van der Waals surface area (Å²) in [6, 6.07) is 3.83. The number of aryl methyl sites for hydroxylation is 1. The number of benzene rings is 1. The van der Waals surface area contributed by atoms with Gasteiger partial charge in [-0.2, -0.15) is 0 Å². The maximum atomic E-state index is 12.9. The van der Waals surface area contributed by atoms with Crippen molar-refractivity contribution in [1.29, 1.82) is 0 Å². The fourth-order valence-electron chi connectivity index (χ4n) is 3.82. The van der Waals surface area contributed by atoms with Gasteiger partial charge in [-0.15, -0.1) is 0 Å². The Labute approximate surface area is 181 Å². The molecule has 1 aliphatic carbocycles. The van der Waals surface area contributed by atoms with Gasteiger partial charge in [-0.25, -0.2) is 9.13 Å². The van der Waals surface area contributed by atoms with Crippen molar-refractivity contribution in [2.45, 2.75) is 65.7 Å². The summed E-state index contributed by atoms with van der Waals surface area (Å²) in [5, 5.41) is 0. The molecule has 6 nitrogen and oxygen atoms in total. The quantitative estimate of drug-likeness (QED) is 0.255. The maximum absolute atomic E-state index is 12.9. The van der Waals surface area contributed by atoms with Crippen molar-refractivity contribution >= 4 is 15.2 Å². The van der Waals surface area contributed by atoms with E-state index in [1.807, 2.05) is 12.1 Å². The molecule has 1 aliphatic rings. The Balaban J connectivity index is 2.65. The molecule has 0 fully saturated rings. The summed E-state index contributed by atoms with van der Waals surface area (Å²) in [5.41, 5.74) is 3.02. The average molecular weight is 458 g/mol. The van der Waals surface area contributed by atoms with Crippen LogP contribution in [0.5, 0.6) is 11.5 Å². The van der Waals surface area contributed by atoms with Crippen LogP contribution in [0.2, 0.25) is 0 Å². The molecular formula is C22H36O6P2. The van der Waals surface area contributed by atoms with Gasteiger partial charge in [-0.1, -0.05) is 25.0 Å². The first kappa shape index (κ1) is 25.2. The summed E-state index contributed by atoms with van der Waals surface area (Å²) in [6.07, 6.45) is 6.90. The second-order valence-electron chi connectivity index (χ2n) is 7.83. The van der Waals surface area contributed by atoms with Crippen LogP contribution in [-0.2, 0) is 24.6 Å². The molecule has 0 saturated carbocycles. The summed E-state index contributed by atoms with van der Waals surface area (Å²) in [5.74, 6) is 0.966. The molecule has 0 amide bonds. The molecule has 3 unspecified atom stereocenters. The van der Waals surface area contributed by atoms with Crippen LogP contribution >= 0.6 is 15.2 Å². The van der Waals surface area contributed by atoms with Crippen molar-refractivity contribution in [3.8, 4) is 11.5 Å². The molecule has 1 aromatic carbocycles. The number of hydrogen-bond acceptors (Lipinski definition) is 6. The van der Waals surface area contributed by atoms with Crippen LogP contribution in [0.3, 0.4) is 0 Å². The molecule has 0 radical (unpaired) electrons. The molecule has 2 rings (SSSR count). The highest BCUT2D eigenvalue weighted by Crippen LogP contribution is 2.53. The molecule has 0 aromatic heterocycles. The first-order valence-corrected chi connectivity index (χ1v) is 14.8. The molecule has 1 aromatic rings. The third-order valence-corrected chi connectivity index (χ3v) is 7.41. The maximum Gasteiger partial charge on any atom is 0.376 e. The predicted molar refractivity (Wildman–Crippen MR) is 122 cm³/mol. The zero-order valence-corrected chi connectivity index (χ0v) is 20.9. The molecule has 170 valence electrons. The monoisotopic (exact) mass is 458 g/mol. The van der Waals surface area contributed by atoms with E-state index in [0.29, 0.717) is 11.5 Å². The van der Waals surface area contributed by atoms with E-state index in [4.69, 9.17) is 18.1 Å². The molecule has 0 aliphatic heterocycles. The lowest BCUT2D eigenvalue weighted by atomic mass is 9.84. The fourth-order valence-corrected chi connectivity index (χ4v) is 5.88. The van der Waals surface area contributed by atoms with Gasteiger partial charge in [0.1, 0.15) is 11.5 Å². The SMILES string of the molecule is CCCc1cc(OP(C)(=O)OCC)c(C2C=C(C)CCC2)c(OP(C)(=O)OCC)c1. The van der Waals surface area contributed by atoms with E-state index in [0.717, 1.165) is 43.2 Å². The summed E-state index contributed by atoms with van der Waals surface area (Å²) in [6.45, 7) is 11.3. The predicted octanol–water partition coefficient (Wildman–Crippen LogP) is 7.33. The highest BCUT2D eigenvalue weighted by atomic mass is 31.2. The van der Waals surface area contributed by atoms with E-state index in [1.54, 1.807) is 13.8 Å². The van der Waals surface area contributed by atoms with Gasteiger partial charge in [-0.05, 0) is 64.2 Å². The van der Waals surface area contributed by atoms with Crippen LogP contribution < -0.4 is 9.05 Å². The zero-order valence-electron chi connectivity index (χ0n) is 19.1. The molecule has 0 spiro atoms. The van der Waals surface area contributed by atoms with Gasteiger partial charge in [0.05, 0.1) is 13.2 Å². The van der Waals surface area contributed by atoms with Crippen LogP contribution in [0.1, 0.15) is 70.4 Å². The third-order valence-electron chi connectivity index (χ3n) is 4.90. The molecule has 0 N–H and O–H groups in total. The molecule has 30 heavy (non-hydrogen) atoms. The van der Waals surface area contributed by atoms with Crippen molar-refractivity contribution < 1.29 is 27.2 Å². The van der Waals surface area contributed by atoms with Crippen molar-refractivity contribution in [3.63, 3.8) is 0 Å². The van der Waals surface area contributed by atoms with E-state index >= 15 is 0 Å². The van der Waals surface area contributed by atoms with Gasteiger partial charge in [0.25, 0.3) is 0 Å². The first-order valence-electron chi connectivity index (χ1n) is 10.8. The van der Waals surface area contributed by atoms with Gasteiger partial charge in [-0.3, -0.25) is 0 Å². The molecule has 3 atom stereocenters. The lowest BCUT2D eigenvalue weighted by Crippen LogP contribution is -2.09. The van der Waals surface area contributed by atoms with Gasteiger partial charge < -0.3 is 18.1 Å². The molecule has 8 heteroatoms. The summed E-state index contributed by atoms with van der Waals surface area (Å²) < 4.78 is 48.4. The zero-order chi connectivity index (χ0) is 22.4. The van der Waals surface area contributed by atoms with Crippen LogP contribution in [0.25, 0.3) is 0 Å². The van der Waals surface area contributed by atoms with Crippen molar-refractivity contribution in [3.05, 3.63) is 34.9 Å². The van der Waals surface area contributed by atoms with E-state index in [-0.39, 0.29) is 19.1 Å². The number of rotatable bonds is 11. The second kappa shape index (κ2) is 11.0. The van der Waals surface area contributed by atoms with Gasteiger partial charge >= 0.3 is 15.2 Å². The molecule has 0 heterocycles. The summed E-state index contributed by atoms with van der Waals surface area (Å²) in [7, 11) is -6.61. The minimum atomic E-state index is -3.31. The van der Waals surface area contributed by atoms with E-state index in [1.165, 1.54) is 18.9 Å². The minimum absolute atomic E-state index is 0.0164. The normalized spacial score (nSPS) is 20.7. The second-order valence-corrected chi connectivity index (χ2v) is 11.8. The van der Waals surface area contributed by atoms with E-state index in [2.05, 4.69) is 19.9 Å². The van der Waals surface area contributed by atoms with Crippen molar-refractivity contribution in [1.82, 2.24) is 0 Å². The fraction of sp³-hybridized carbons (Fsp3) is 0.636. The van der Waals surface area contributed by atoms with Gasteiger partial charge in [0.15, 0.2) is 0 Å². The third kappa shape index (κ3) is 7.27. The van der Waals surface area contributed by atoms with Crippen LogP contribution in [0, 0.1) is 0 Å². The number of allylic oxidation sites excluding steroid dienone is 2. The Kier molecular flexibility index (Phi) is 9.24. The highest BCUT2D eigenvalue weighted by molar-refractivity contribution is 7.53. The number of hydrogen-bond donors (Lipinski definition) is 0. The van der Waals surface area contributed by atoms with Crippen LogP contribution in [0.4, 0.5) is 0 Å². The topological polar surface area (TPSA) is 71.1 Å². The lowest BCUT2D eigenvalue weighted by molar-refractivity contribution is 0.280. The smallest absolute Gasteiger partial charge is 0.376 e. The summed E-state index contributed by atoms with van der Waals surface area (Å²) >= 11 is 0. The Morgan fingerprint density at radius 2 is 1.50 bits per heavy atom. The van der Waals surface area contributed by atoms with Crippen LogP contribution in [-0.4, -0.2) is 26.5 Å². The Morgan fingerprint density at radius 3 is 1.93 bits per heavy atom. The van der Waals surface area contributed by atoms with Crippen molar-refractivity contribution in [2.75, 3.05) is 26.5 Å².